The summed E-state index contributed by atoms with van der Waals surface area (Å²) in [4.78, 5) is 39.9. The zero-order valence-electron chi connectivity index (χ0n) is 23.3. The Balaban J connectivity index is 1.51. The Kier molecular flexibility index (Phi) is 11.0. The van der Waals surface area contributed by atoms with E-state index >= 15 is 0 Å². The predicted molar refractivity (Wildman–Crippen MR) is 171 cm³/mol. The predicted octanol–water partition coefficient (Wildman–Crippen LogP) is 8.39. The van der Waals surface area contributed by atoms with Crippen LogP contribution < -0.4 is 16.0 Å². The van der Waals surface area contributed by atoms with Crippen molar-refractivity contribution in [3.63, 3.8) is 0 Å². The highest BCUT2D eigenvalue weighted by atomic mass is 79.9. The van der Waals surface area contributed by atoms with Crippen molar-refractivity contribution in [3.05, 3.63) is 130 Å². The van der Waals surface area contributed by atoms with Gasteiger partial charge in [0.2, 0.25) is 5.91 Å². The van der Waals surface area contributed by atoms with Crippen LogP contribution in [0.1, 0.15) is 34.8 Å². The Bertz CT molecular complexity index is 1680. The monoisotopic (exact) mass is 681 g/mol. The van der Waals surface area contributed by atoms with Crippen LogP contribution in [-0.2, 0) is 15.8 Å². The van der Waals surface area contributed by atoms with Gasteiger partial charge in [0, 0.05) is 20.6 Å². The number of benzene rings is 4. The van der Waals surface area contributed by atoms with Crippen molar-refractivity contribution in [2.75, 3.05) is 10.6 Å². The Morgan fingerprint density at radius 1 is 0.864 bits per heavy atom. The van der Waals surface area contributed by atoms with Gasteiger partial charge in [-0.15, -0.1) is 11.8 Å². The quantitative estimate of drug-likeness (QED) is 0.116. The highest BCUT2D eigenvalue weighted by Crippen LogP contribution is 2.35. The average Bonchev–Trinajstić information content (AvgIpc) is 3.00. The lowest BCUT2D eigenvalue weighted by Crippen LogP contribution is -2.30. The number of carbonyl (C=O) groups excluding carboxylic acids is 3. The maximum atomic E-state index is 13.4. The Hall–Kier alpha value is -4.35. The molecule has 4 aromatic carbocycles. The average molecular weight is 683 g/mol. The summed E-state index contributed by atoms with van der Waals surface area (Å²) in [7, 11) is 0. The number of halogens is 4. The number of para-hydroxylation sites is 1. The number of rotatable bonds is 10. The SMILES string of the molecule is CCC(Sc1cccc(NC(=O)/C(=C\c2cccc(Br)c2)NC(=O)c2ccccc2)c1)C(=O)Nc1ccccc1C(F)(F)F. The first-order valence-corrected chi connectivity index (χ1v) is 15.1. The number of hydrogen-bond acceptors (Lipinski definition) is 4. The van der Waals surface area contributed by atoms with Crippen molar-refractivity contribution >= 4 is 62.9 Å². The van der Waals surface area contributed by atoms with Crippen molar-refractivity contribution in [2.24, 2.45) is 0 Å². The third-order valence-corrected chi connectivity index (χ3v) is 8.06. The van der Waals surface area contributed by atoms with Gasteiger partial charge >= 0.3 is 6.18 Å². The maximum absolute atomic E-state index is 13.4. The first-order valence-electron chi connectivity index (χ1n) is 13.4. The van der Waals surface area contributed by atoms with Crippen LogP contribution in [0.25, 0.3) is 6.08 Å². The summed E-state index contributed by atoms with van der Waals surface area (Å²) >= 11 is 4.56. The Morgan fingerprint density at radius 2 is 1.57 bits per heavy atom. The van der Waals surface area contributed by atoms with Crippen LogP contribution in [0.15, 0.2) is 118 Å². The molecule has 0 aliphatic rings. The van der Waals surface area contributed by atoms with E-state index in [-0.39, 0.29) is 11.4 Å². The number of carbonyl (C=O) groups is 3. The molecule has 0 spiro atoms. The normalized spacial score (nSPS) is 12.2. The molecule has 3 N–H and O–H groups in total. The summed E-state index contributed by atoms with van der Waals surface area (Å²) in [6, 6.07) is 27.2. The Labute approximate surface area is 265 Å². The molecule has 0 aromatic heterocycles. The maximum Gasteiger partial charge on any atom is 0.418 e. The minimum atomic E-state index is -4.61. The molecule has 0 radical (unpaired) electrons. The topological polar surface area (TPSA) is 87.3 Å². The van der Waals surface area contributed by atoms with Crippen LogP contribution in [-0.4, -0.2) is 23.0 Å². The first-order chi connectivity index (χ1) is 21.0. The highest BCUT2D eigenvalue weighted by Gasteiger charge is 2.34. The van der Waals surface area contributed by atoms with E-state index in [1.807, 2.05) is 6.07 Å². The molecule has 6 nitrogen and oxygen atoms in total. The lowest BCUT2D eigenvalue weighted by Gasteiger charge is -2.18. The van der Waals surface area contributed by atoms with E-state index in [1.165, 1.54) is 18.2 Å². The molecular weight excluding hydrogens is 655 g/mol. The zero-order chi connectivity index (χ0) is 31.7. The van der Waals surface area contributed by atoms with E-state index in [0.29, 0.717) is 28.1 Å². The lowest BCUT2D eigenvalue weighted by molar-refractivity contribution is -0.137. The van der Waals surface area contributed by atoms with Gasteiger partial charge in [0.1, 0.15) is 5.70 Å². The van der Waals surface area contributed by atoms with Crippen molar-refractivity contribution in [3.8, 4) is 0 Å². The molecule has 44 heavy (non-hydrogen) atoms. The van der Waals surface area contributed by atoms with Gasteiger partial charge in [-0.05, 0) is 72.7 Å². The zero-order valence-corrected chi connectivity index (χ0v) is 25.7. The number of anilines is 2. The molecule has 1 atom stereocenters. The van der Waals surface area contributed by atoms with Crippen molar-refractivity contribution in [1.29, 1.82) is 0 Å². The minimum absolute atomic E-state index is 0.00384. The molecule has 0 bridgehead atoms. The summed E-state index contributed by atoms with van der Waals surface area (Å²) in [5.74, 6) is -1.62. The van der Waals surface area contributed by atoms with E-state index < -0.39 is 34.7 Å². The van der Waals surface area contributed by atoms with Gasteiger partial charge in [-0.1, -0.05) is 71.4 Å². The second-order valence-electron chi connectivity index (χ2n) is 9.46. The first kappa shape index (κ1) is 32.6. The number of thioether (sulfide) groups is 1. The molecule has 4 aromatic rings. The van der Waals surface area contributed by atoms with Crippen LogP contribution in [0.3, 0.4) is 0 Å². The van der Waals surface area contributed by atoms with Gasteiger partial charge in [-0.25, -0.2) is 0 Å². The number of alkyl halides is 3. The number of hydrogen-bond donors (Lipinski definition) is 3. The molecule has 226 valence electrons. The summed E-state index contributed by atoms with van der Waals surface area (Å²) < 4.78 is 41.0. The van der Waals surface area contributed by atoms with Gasteiger partial charge < -0.3 is 16.0 Å². The fourth-order valence-corrected chi connectivity index (χ4v) is 5.52. The summed E-state index contributed by atoms with van der Waals surface area (Å²) in [5.41, 5.74) is 0.207. The van der Waals surface area contributed by atoms with Gasteiger partial charge in [0.25, 0.3) is 11.8 Å². The molecule has 3 amide bonds. The molecule has 0 saturated carbocycles. The molecule has 0 fully saturated rings. The van der Waals surface area contributed by atoms with E-state index in [9.17, 15) is 27.6 Å². The third-order valence-electron chi connectivity index (χ3n) is 6.21. The van der Waals surface area contributed by atoms with E-state index in [4.69, 9.17) is 0 Å². The van der Waals surface area contributed by atoms with E-state index in [2.05, 4.69) is 31.9 Å². The third kappa shape index (κ3) is 9.08. The molecule has 0 aliphatic heterocycles. The molecule has 1 unspecified atom stereocenters. The second-order valence-corrected chi connectivity index (χ2v) is 11.7. The van der Waals surface area contributed by atoms with Crippen molar-refractivity contribution in [2.45, 2.75) is 29.7 Å². The van der Waals surface area contributed by atoms with Crippen LogP contribution in [0.2, 0.25) is 0 Å². The van der Waals surface area contributed by atoms with Crippen LogP contribution in [0.4, 0.5) is 24.5 Å². The molecular formula is C33H27BrF3N3O3S. The largest absolute Gasteiger partial charge is 0.418 e. The second kappa shape index (κ2) is 14.9. The highest BCUT2D eigenvalue weighted by molar-refractivity contribution is 9.10. The number of amides is 3. The molecule has 0 heterocycles. The molecule has 11 heteroatoms. The van der Waals surface area contributed by atoms with Gasteiger partial charge in [-0.2, -0.15) is 13.2 Å². The summed E-state index contributed by atoms with van der Waals surface area (Å²) in [5, 5.41) is 7.17. The fourth-order valence-electron chi connectivity index (χ4n) is 4.09. The standard InChI is InChI=1S/C33H27BrF3N3O3S/c1-2-29(32(43)39-27-17-7-6-16-26(27)33(35,36)37)44-25-15-9-14-24(20-25)38-31(42)28(19-21-10-8-13-23(34)18-21)40-30(41)22-11-4-3-5-12-22/h3-20,29H,2H2,1H3,(H,38,42)(H,39,43)(H,40,41)/b28-19+. The Morgan fingerprint density at radius 3 is 2.27 bits per heavy atom. The summed E-state index contributed by atoms with van der Waals surface area (Å²) in [6.45, 7) is 1.76. The molecule has 4 rings (SSSR count). The minimum Gasteiger partial charge on any atom is -0.325 e. The van der Waals surface area contributed by atoms with Crippen molar-refractivity contribution < 1.29 is 27.6 Å². The van der Waals surface area contributed by atoms with Gasteiger partial charge in [0.05, 0.1) is 16.5 Å². The van der Waals surface area contributed by atoms with Gasteiger partial charge in [-0.3, -0.25) is 14.4 Å². The van der Waals surface area contributed by atoms with Crippen LogP contribution >= 0.6 is 27.7 Å². The van der Waals surface area contributed by atoms with Crippen LogP contribution in [0.5, 0.6) is 0 Å². The van der Waals surface area contributed by atoms with E-state index in [0.717, 1.165) is 22.3 Å². The van der Waals surface area contributed by atoms with Gasteiger partial charge in [0.15, 0.2) is 0 Å². The smallest absolute Gasteiger partial charge is 0.325 e. The molecule has 0 saturated heterocycles. The molecule has 0 aliphatic carbocycles. The van der Waals surface area contributed by atoms with Crippen LogP contribution in [0, 0.1) is 0 Å². The van der Waals surface area contributed by atoms with Crippen molar-refractivity contribution in [1.82, 2.24) is 5.32 Å². The number of nitrogens with one attached hydrogen (secondary N) is 3. The summed E-state index contributed by atoms with van der Waals surface area (Å²) in [6.07, 6.45) is -2.72. The lowest BCUT2D eigenvalue weighted by atomic mass is 10.1. The van der Waals surface area contributed by atoms with E-state index in [1.54, 1.807) is 85.8 Å². The fraction of sp³-hybridized carbons (Fsp3) is 0.121.